The van der Waals surface area contributed by atoms with E-state index in [0.717, 1.165) is 18.5 Å². The molecule has 0 saturated carbocycles. The molecule has 0 aromatic heterocycles. The Morgan fingerprint density at radius 3 is 2.43 bits per heavy atom. The van der Waals surface area contributed by atoms with Gasteiger partial charge in [0, 0.05) is 24.8 Å². The van der Waals surface area contributed by atoms with E-state index in [1.165, 1.54) is 11.3 Å². The van der Waals surface area contributed by atoms with E-state index in [-0.39, 0.29) is 12.3 Å². The molecule has 0 fully saturated rings. The lowest BCUT2D eigenvalue weighted by atomic mass is 10.1. The van der Waals surface area contributed by atoms with Crippen molar-refractivity contribution in [1.82, 2.24) is 5.32 Å². The van der Waals surface area contributed by atoms with Crippen LogP contribution in [0.4, 0.5) is 5.69 Å². The van der Waals surface area contributed by atoms with Gasteiger partial charge in [-0.1, -0.05) is 18.2 Å². The third kappa shape index (κ3) is 4.16. The van der Waals surface area contributed by atoms with Gasteiger partial charge >= 0.3 is 0 Å². The van der Waals surface area contributed by atoms with E-state index in [2.05, 4.69) is 41.4 Å². The van der Waals surface area contributed by atoms with Crippen molar-refractivity contribution in [2.45, 2.75) is 25.8 Å². The van der Waals surface area contributed by atoms with Crippen LogP contribution in [0.1, 0.15) is 18.1 Å². The lowest BCUT2D eigenvalue weighted by molar-refractivity contribution is -0.120. The van der Waals surface area contributed by atoms with Crippen molar-refractivity contribution in [3.63, 3.8) is 0 Å². The minimum absolute atomic E-state index is 0.0330. The monoisotopic (exact) mass is 384 g/mol. The Bertz CT molecular complexity index is 812. The number of hydrogen-bond donors (Lipinski definition) is 1. The van der Waals surface area contributed by atoms with Gasteiger partial charge in [-0.15, -0.1) is 0 Å². The number of ether oxygens (including phenoxy) is 3. The molecule has 1 atom stereocenters. The van der Waals surface area contributed by atoms with Crippen LogP contribution in [0.25, 0.3) is 0 Å². The number of methoxy groups -OCH3 is 3. The number of benzene rings is 2. The molecule has 0 radical (unpaired) electrons. The quantitative estimate of drug-likeness (QED) is 0.758. The van der Waals surface area contributed by atoms with Crippen molar-refractivity contribution in [3.05, 3.63) is 47.5 Å². The SMILES string of the molecule is COc1cc(CC(=O)NCCN2c3ccccc3CC2C)cc(OC)c1OC. The molecule has 1 N–H and O–H groups in total. The number of para-hydroxylation sites is 1. The molecule has 0 aliphatic carbocycles. The summed E-state index contributed by atoms with van der Waals surface area (Å²) in [5, 5.41) is 3.02. The number of carbonyl (C=O) groups excluding carboxylic acids is 1. The summed E-state index contributed by atoms with van der Waals surface area (Å²) in [5.74, 6) is 1.59. The largest absolute Gasteiger partial charge is 0.493 e. The molecule has 0 spiro atoms. The number of amides is 1. The molecule has 1 aliphatic heterocycles. The summed E-state index contributed by atoms with van der Waals surface area (Å²) in [7, 11) is 4.69. The highest BCUT2D eigenvalue weighted by atomic mass is 16.5. The first-order valence-electron chi connectivity index (χ1n) is 9.47. The standard InChI is InChI=1S/C22H28N2O4/c1-15-11-17-7-5-6-8-18(17)24(15)10-9-23-21(25)14-16-12-19(26-2)22(28-4)20(13-16)27-3/h5-8,12-13,15H,9-11,14H2,1-4H3,(H,23,25). The third-order valence-corrected chi connectivity index (χ3v) is 5.11. The molecular weight excluding hydrogens is 356 g/mol. The topological polar surface area (TPSA) is 60.0 Å². The summed E-state index contributed by atoms with van der Waals surface area (Å²) in [6, 6.07) is 12.5. The fraction of sp³-hybridized carbons (Fsp3) is 0.409. The lowest BCUT2D eigenvalue weighted by Crippen LogP contribution is -2.38. The average Bonchev–Trinajstić information content (AvgIpc) is 3.02. The first-order valence-corrected chi connectivity index (χ1v) is 9.47. The van der Waals surface area contributed by atoms with Crippen molar-refractivity contribution in [2.24, 2.45) is 0 Å². The first-order chi connectivity index (χ1) is 13.6. The van der Waals surface area contributed by atoms with Crippen molar-refractivity contribution in [2.75, 3.05) is 39.3 Å². The number of nitrogens with zero attached hydrogens (tertiary/aromatic N) is 1. The zero-order chi connectivity index (χ0) is 20.1. The van der Waals surface area contributed by atoms with Gasteiger partial charge in [-0.3, -0.25) is 4.79 Å². The maximum atomic E-state index is 12.4. The molecule has 28 heavy (non-hydrogen) atoms. The van der Waals surface area contributed by atoms with Crippen LogP contribution in [-0.2, 0) is 17.6 Å². The van der Waals surface area contributed by atoms with Gasteiger partial charge in [-0.05, 0) is 42.7 Å². The summed E-state index contributed by atoms with van der Waals surface area (Å²) in [6.07, 6.45) is 1.30. The summed E-state index contributed by atoms with van der Waals surface area (Å²) in [4.78, 5) is 14.8. The van der Waals surface area contributed by atoms with E-state index in [0.29, 0.717) is 29.8 Å². The number of fused-ring (bicyclic) bond motifs is 1. The lowest BCUT2D eigenvalue weighted by Gasteiger charge is -2.25. The van der Waals surface area contributed by atoms with E-state index in [4.69, 9.17) is 14.2 Å². The third-order valence-electron chi connectivity index (χ3n) is 5.11. The van der Waals surface area contributed by atoms with Crippen molar-refractivity contribution in [1.29, 1.82) is 0 Å². The molecule has 0 saturated heterocycles. The fourth-order valence-corrected chi connectivity index (χ4v) is 3.77. The molecule has 0 bridgehead atoms. The van der Waals surface area contributed by atoms with Crippen molar-refractivity contribution < 1.29 is 19.0 Å². The second-order valence-corrected chi connectivity index (χ2v) is 6.94. The molecule has 1 aliphatic rings. The van der Waals surface area contributed by atoms with E-state index in [1.54, 1.807) is 33.5 Å². The summed E-state index contributed by atoms with van der Waals surface area (Å²) in [5.41, 5.74) is 3.46. The number of rotatable bonds is 8. The maximum absolute atomic E-state index is 12.4. The normalized spacial score (nSPS) is 15.1. The summed E-state index contributed by atoms with van der Waals surface area (Å²) >= 11 is 0. The van der Waals surface area contributed by atoms with Crippen LogP contribution in [0.2, 0.25) is 0 Å². The van der Waals surface area contributed by atoms with Gasteiger partial charge in [-0.25, -0.2) is 0 Å². The van der Waals surface area contributed by atoms with Gasteiger partial charge in [0.1, 0.15) is 0 Å². The highest BCUT2D eigenvalue weighted by molar-refractivity contribution is 5.79. The Hall–Kier alpha value is -2.89. The molecule has 1 heterocycles. The molecule has 2 aromatic carbocycles. The predicted octanol–water partition coefficient (Wildman–Crippen LogP) is 2.82. The molecule has 6 heteroatoms. The molecular formula is C22H28N2O4. The van der Waals surface area contributed by atoms with E-state index >= 15 is 0 Å². The van der Waals surface area contributed by atoms with Crippen LogP contribution in [0, 0.1) is 0 Å². The predicted molar refractivity (Wildman–Crippen MR) is 110 cm³/mol. The number of carbonyl (C=O) groups is 1. The van der Waals surface area contributed by atoms with Crippen LogP contribution in [-0.4, -0.2) is 46.4 Å². The van der Waals surface area contributed by atoms with Gasteiger partial charge in [-0.2, -0.15) is 0 Å². The number of anilines is 1. The molecule has 150 valence electrons. The molecule has 3 rings (SSSR count). The second-order valence-electron chi connectivity index (χ2n) is 6.94. The number of hydrogen-bond acceptors (Lipinski definition) is 5. The second kappa shape index (κ2) is 8.87. The Balaban J connectivity index is 1.58. The fourth-order valence-electron chi connectivity index (χ4n) is 3.77. The van der Waals surface area contributed by atoms with Crippen LogP contribution >= 0.6 is 0 Å². The first kappa shape index (κ1) is 19.9. The van der Waals surface area contributed by atoms with Crippen molar-refractivity contribution >= 4 is 11.6 Å². The van der Waals surface area contributed by atoms with E-state index in [9.17, 15) is 4.79 Å². The highest BCUT2D eigenvalue weighted by Crippen LogP contribution is 2.38. The van der Waals surface area contributed by atoms with Gasteiger partial charge in [0.15, 0.2) is 11.5 Å². The van der Waals surface area contributed by atoms with E-state index < -0.39 is 0 Å². The van der Waals surface area contributed by atoms with Gasteiger partial charge in [0.25, 0.3) is 0 Å². The van der Waals surface area contributed by atoms with Gasteiger partial charge in [0.2, 0.25) is 11.7 Å². The molecule has 1 unspecified atom stereocenters. The summed E-state index contributed by atoms with van der Waals surface area (Å²) < 4.78 is 16.0. The smallest absolute Gasteiger partial charge is 0.224 e. The molecule has 2 aromatic rings. The minimum Gasteiger partial charge on any atom is -0.493 e. The van der Waals surface area contributed by atoms with E-state index in [1.807, 2.05) is 0 Å². The zero-order valence-electron chi connectivity index (χ0n) is 17.0. The van der Waals surface area contributed by atoms with Crippen molar-refractivity contribution in [3.8, 4) is 17.2 Å². The maximum Gasteiger partial charge on any atom is 0.224 e. The Labute approximate surface area is 166 Å². The van der Waals surface area contributed by atoms with Gasteiger partial charge in [0.05, 0.1) is 27.8 Å². The molecule has 1 amide bonds. The Morgan fingerprint density at radius 2 is 1.79 bits per heavy atom. The molecule has 6 nitrogen and oxygen atoms in total. The van der Waals surface area contributed by atoms with Crippen LogP contribution in [0.3, 0.4) is 0 Å². The highest BCUT2D eigenvalue weighted by Gasteiger charge is 2.25. The minimum atomic E-state index is -0.0330. The van der Waals surface area contributed by atoms with Gasteiger partial charge < -0.3 is 24.4 Å². The van der Waals surface area contributed by atoms with Crippen LogP contribution < -0.4 is 24.4 Å². The summed E-state index contributed by atoms with van der Waals surface area (Å²) in [6.45, 7) is 3.61. The zero-order valence-corrected chi connectivity index (χ0v) is 17.0. The van der Waals surface area contributed by atoms with Crippen LogP contribution in [0.15, 0.2) is 36.4 Å². The Morgan fingerprint density at radius 1 is 1.11 bits per heavy atom. The average molecular weight is 384 g/mol. The van der Waals surface area contributed by atoms with Crippen LogP contribution in [0.5, 0.6) is 17.2 Å². The Kier molecular flexibility index (Phi) is 6.29. The number of nitrogens with one attached hydrogen (secondary N) is 1.